The van der Waals surface area contributed by atoms with E-state index in [9.17, 15) is 9.59 Å². The smallest absolute Gasteiger partial charge is 0.249 e. The SMILES string of the molecule is O=CN[C@@H](C(=O)N1CCCC1)c1ccccc1. The van der Waals surface area contributed by atoms with Crippen molar-refractivity contribution < 1.29 is 9.59 Å². The van der Waals surface area contributed by atoms with E-state index >= 15 is 0 Å². The van der Waals surface area contributed by atoms with Gasteiger partial charge in [0.05, 0.1) is 0 Å². The van der Waals surface area contributed by atoms with Crippen LogP contribution in [0.15, 0.2) is 30.3 Å². The van der Waals surface area contributed by atoms with Crippen LogP contribution in [0, 0.1) is 0 Å². The number of nitrogens with one attached hydrogen (secondary N) is 1. The Balaban J connectivity index is 2.16. The van der Waals surface area contributed by atoms with E-state index in [0.29, 0.717) is 6.41 Å². The number of nitrogens with zero attached hydrogens (tertiary/aromatic N) is 1. The van der Waals surface area contributed by atoms with Crippen LogP contribution in [-0.2, 0) is 9.59 Å². The van der Waals surface area contributed by atoms with Gasteiger partial charge in [0.15, 0.2) is 0 Å². The van der Waals surface area contributed by atoms with Crippen LogP contribution in [0.2, 0.25) is 0 Å². The van der Waals surface area contributed by atoms with E-state index in [2.05, 4.69) is 5.32 Å². The number of carbonyl (C=O) groups excluding carboxylic acids is 2. The summed E-state index contributed by atoms with van der Waals surface area (Å²) < 4.78 is 0. The van der Waals surface area contributed by atoms with Crippen LogP contribution in [0.3, 0.4) is 0 Å². The van der Waals surface area contributed by atoms with Crippen LogP contribution < -0.4 is 5.32 Å². The Kier molecular flexibility index (Phi) is 3.75. The number of hydrogen-bond donors (Lipinski definition) is 1. The maximum absolute atomic E-state index is 12.2. The molecule has 1 heterocycles. The minimum Gasteiger partial charge on any atom is -0.343 e. The Morgan fingerprint density at radius 1 is 1.24 bits per heavy atom. The molecule has 1 aliphatic rings. The van der Waals surface area contributed by atoms with Gasteiger partial charge in [0.25, 0.3) is 0 Å². The zero-order valence-electron chi connectivity index (χ0n) is 9.63. The van der Waals surface area contributed by atoms with Gasteiger partial charge in [0, 0.05) is 13.1 Å². The van der Waals surface area contributed by atoms with Gasteiger partial charge >= 0.3 is 0 Å². The molecule has 1 N–H and O–H groups in total. The van der Waals surface area contributed by atoms with E-state index in [1.165, 1.54) is 0 Å². The van der Waals surface area contributed by atoms with Crippen LogP contribution in [0.25, 0.3) is 0 Å². The summed E-state index contributed by atoms with van der Waals surface area (Å²) in [5, 5.41) is 2.60. The lowest BCUT2D eigenvalue weighted by atomic mass is 10.1. The first kappa shape index (κ1) is 11.6. The topological polar surface area (TPSA) is 49.4 Å². The molecule has 90 valence electrons. The van der Waals surface area contributed by atoms with Gasteiger partial charge in [0.2, 0.25) is 12.3 Å². The average molecular weight is 232 g/mol. The average Bonchev–Trinajstić information content (AvgIpc) is 2.90. The van der Waals surface area contributed by atoms with Crippen molar-refractivity contribution in [1.82, 2.24) is 10.2 Å². The van der Waals surface area contributed by atoms with Crippen LogP contribution in [0.1, 0.15) is 24.4 Å². The van der Waals surface area contributed by atoms with Crippen molar-refractivity contribution in [2.24, 2.45) is 0 Å². The number of hydrogen-bond acceptors (Lipinski definition) is 2. The number of rotatable bonds is 4. The highest BCUT2D eigenvalue weighted by Gasteiger charge is 2.26. The third kappa shape index (κ3) is 2.64. The van der Waals surface area contributed by atoms with Gasteiger partial charge in [-0.05, 0) is 18.4 Å². The fourth-order valence-corrected chi connectivity index (χ4v) is 2.14. The third-order valence-electron chi connectivity index (χ3n) is 3.03. The Morgan fingerprint density at radius 3 is 2.47 bits per heavy atom. The molecule has 1 atom stereocenters. The number of amides is 2. The molecule has 0 saturated carbocycles. The molecular formula is C13H16N2O2. The fraction of sp³-hybridized carbons (Fsp3) is 0.385. The normalized spacial score (nSPS) is 16.6. The van der Waals surface area contributed by atoms with Gasteiger partial charge in [-0.3, -0.25) is 9.59 Å². The molecule has 2 amide bonds. The van der Waals surface area contributed by atoms with Gasteiger partial charge in [-0.15, -0.1) is 0 Å². The zero-order chi connectivity index (χ0) is 12.1. The molecule has 1 aromatic rings. The molecule has 4 heteroatoms. The molecule has 1 saturated heterocycles. The lowest BCUT2D eigenvalue weighted by Gasteiger charge is -2.22. The number of likely N-dealkylation sites (tertiary alicyclic amines) is 1. The molecule has 0 aliphatic carbocycles. The maximum Gasteiger partial charge on any atom is 0.249 e. The summed E-state index contributed by atoms with van der Waals surface area (Å²) in [4.78, 5) is 24.7. The first-order valence-electron chi connectivity index (χ1n) is 5.86. The standard InChI is InChI=1S/C13H16N2O2/c16-10-14-12(11-6-2-1-3-7-11)13(17)15-8-4-5-9-15/h1-3,6-7,10,12H,4-5,8-9H2,(H,14,16)/t12-/m1/s1. The minimum absolute atomic E-state index is 0.0131. The summed E-state index contributed by atoms with van der Waals surface area (Å²) in [6.45, 7) is 1.59. The van der Waals surface area contributed by atoms with Crippen LogP contribution in [0.5, 0.6) is 0 Å². The highest BCUT2D eigenvalue weighted by Crippen LogP contribution is 2.18. The van der Waals surface area contributed by atoms with Gasteiger partial charge in [0.1, 0.15) is 6.04 Å². The van der Waals surface area contributed by atoms with E-state index in [-0.39, 0.29) is 5.91 Å². The molecule has 0 aromatic heterocycles. The van der Waals surface area contributed by atoms with E-state index in [4.69, 9.17) is 0 Å². The summed E-state index contributed by atoms with van der Waals surface area (Å²) in [7, 11) is 0. The van der Waals surface area contributed by atoms with E-state index in [1.807, 2.05) is 35.2 Å². The summed E-state index contributed by atoms with van der Waals surface area (Å²) >= 11 is 0. The summed E-state index contributed by atoms with van der Waals surface area (Å²) in [6, 6.07) is 8.79. The van der Waals surface area contributed by atoms with Crippen molar-refractivity contribution in [3.05, 3.63) is 35.9 Å². The van der Waals surface area contributed by atoms with Gasteiger partial charge in [-0.1, -0.05) is 30.3 Å². The Hall–Kier alpha value is -1.84. The van der Waals surface area contributed by atoms with E-state index < -0.39 is 6.04 Å². The van der Waals surface area contributed by atoms with Crippen molar-refractivity contribution in [2.75, 3.05) is 13.1 Å². The monoisotopic (exact) mass is 232 g/mol. The third-order valence-corrected chi connectivity index (χ3v) is 3.03. The van der Waals surface area contributed by atoms with Gasteiger partial charge in [-0.2, -0.15) is 0 Å². The van der Waals surface area contributed by atoms with Crippen LogP contribution >= 0.6 is 0 Å². The quantitative estimate of drug-likeness (QED) is 0.790. The predicted octanol–water partition coefficient (Wildman–Crippen LogP) is 1.10. The fourth-order valence-electron chi connectivity index (χ4n) is 2.14. The van der Waals surface area contributed by atoms with E-state index in [1.54, 1.807) is 0 Å². The van der Waals surface area contributed by atoms with Gasteiger partial charge < -0.3 is 10.2 Å². The molecule has 0 unspecified atom stereocenters. The highest BCUT2D eigenvalue weighted by molar-refractivity contribution is 5.85. The maximum atomic E-state index is 12.2. The lowest BCUT2D eigenvalue weighted by Crippen LogP contribution is -2.39. The molecule has 17 heavy (non-hydrogen) atoms. The molecule has 0 bridgehead atoms. The van der Waals surface area contributed by atoms with Crippen LogP contribution in [0.4, 0.5) is 0 Å². The molecule has 1 aliphatic heterocycles. The summed E-state index contributed by atoms with van der Waals surface area (Å²) in [5.74, 6) is -0.0131. The molecule has 4 nitrogen and oxygen atoms in total. The van der Waals surface area contributed by atoms with E-state index in [0.717, 1.165) is 31.5 Å². The molecular weight excluding hydrogens is 216 g/mol. The first-order chi connectivity index (χ1) is 8.33. The first-order valence-corrected chi connectivity index (χ1v) is 5.86. The summed E-state index contributed by atoms with van der Waals surface area (Å²) in [5.41, 5.74) is 0.830. The van der Waals surface area contributed by atoms with Crippen molar-refractivity contribution in [2.45, 2.75) is 18.9 Å². The number of carbonyl (C=O) groups is 2. The largest absolute Gasteiger partial charge is 0.343 e. The van der Waals surface area contributed by atoms with Gasteiger partial charge in [-0.25, -0.2) is 0 Å². The summed E-state index contributed by atoms with van der Waals surface area (Å²) in [6.07, 6.45) is 2.69. The van der Waals surface area contributed by atoms with Crippen molar-refractivity contribution in [3.63, 3.8) is 0 Å². The second kappa shape index (κ2) is 5.48. The minimum atomic E-state index is -0.549. The van der Waals surface area contributed by atoms with Crippen molar-refractivity contribution >= 4 is 12.3 Å². The second-order valence-corrected chi connectivity index (χ2v) is 4.16. The Bertz CT molecular complexity index is 386. The Labute approximate surface area is 101 Å². The number of benzene rings is 1. The molecule has 0 spiro atoms. The molecule has 2 rings (SSSR count). The molecule has 0 radical (unpaired) electrons. The molecule has 1 fully saturated rings. The predicted molar refractivity (Wildman–Crippen MR) is 64.2 cm³/mol. The lowest BCUT2D eigenvalue weighted by molar-refractivity contribution is -0.133. The van der Waals surface area contributed by atoms with Crippen LogP contribution in [-0.4, -0.2) is 30.3 Å². The second-order valence-electron chi connectivity index (χ2n) is 4.16. The zero-order valence-corrected chi connectivity index (χ0v) is 9.63. The van der Waals surface area contributed by atoms with Crippen molar-refractivity contribution in [3.8, 4) is 0 Å². The molecule has 1 aromatic carbocycles. The van der Waals surface area contributed by atoms with Crippen molar-refractivity contribution in [1.29, 1.82) is 0 Å². The highest BCUT2D eigenvalue weighted by atomic mass is 16.2. The Morgan fingerprint density at radius 2 is 1.88 bits per heavy atom.